The monoisotopic (exact) mass is 386 g/mol. The number of aromatic nitrogens is 2. The molecule has 1 aromatic heterocycles. The van der Waals surface area contributed by atoms with Crippen molar-refractivity contribution in [1.82, 2.24) is 10.2 Å². The second-order valence-electron chi connectivity index (χ2n) is 5.88. The Labute approximate surface area is 159 Å². The molecule has 0 saturated heterocycles. The van der Waals surface area contributed by atoms with E-state index in [1.54, 1.807) is 12.1 Å². The fourth-order valence-electron chi connectivity index (χ4n) is 2.46. The standard InChI is InChI=1S/C19H16ClFN4O2/c1-11(23-16-10-22-25-19(27)17(16)20)12-4-8-15(9-5-12)24-18(26)13-2-6-14(21)7-3-13/h2-11H,1H3,(H,24,26)(H2,23,25,27). The molecule has 1 unspecified atom stereocenters. The van der Waals surface area contributed by atoms with Gasteiger partial charge >= 0.3 is 0 Å². The van der Waals surface area contributed by atoms with Crippen LogP contribution in [0.25, 0.3) is 0 Å². The summed E-state index contributed by atoms with van der Waals surface area (Å²) in [5.41, 5.74) is 1.86. The van der Waals surface area contributed by atoms with Crippen LogP contribution >= 0.6 is 11.6 Å². The summed E-state index contributed by atoms with van der Waals surface area (Å²) in [6.07, 6.45) is 1.44. The van der Waals surface area contributed by atoms with Gasteiger partial charge in [0.25, 0.3) is 11.5 Å². The van der Waals surface area contributed by atoms with Crippen LogP contribution in [0, 0.1) is 5.82 Å². The first-order chi connectivity index (χ1) is 12.9. The third-order valence-corrected chi connectivity index (χ3v) is 4.32. The normalized spacial score (nSPS) is 11.7. The Kier molecular flexibility index (Phi) is 5.52. The second-order valence-corrected chi connectivity index (χ2v) is 6.25. The van der Waals surface area contributed by atoms with Crippen molar-refractivity contribution in [2.45, 2.75) is 13.0 Å². The number of carbonyl (C=O) groups excluding carboxylic acids is 1. The Hall–Kier alpha value is -3.19. The predicted molar refractivity (Wildman–Crippen MR) is 103 cm³/mol. The molecule has 0 aliphatic heterocycles. The number of H-pyrrole nitrogens is 1. The van der Waals surface area contributed by atoms with E-state index in [0.717, 1.165) is 5.56 Å². The number of aromatic amines is 1. The first-order valence-electron chi connectivity index (χ1n) is 8.10. The number of amides is 1. The largest absolute Gasteiger partial charge is 0.376 e. The maximum atomic E-state index is 12.9. The van der Waals surface area contributed by atoms with Gasteiger partial charge in [-0.05, 0) is 48.9 Å². The molecule has 1 amide bonds. The summed E-state index contributed by atoms with van der Waals surface area (Å²) in [5, 5.41) is 11.9. The van der Waals surface area contributed by atoms with Gasteiger partial charge in [0.2, 0.25) is 0 Å². The van der Waals surface area contributed by atoms with Gasteiger partial charge in [0.15, 0.2) is 0 Å². The van der Waals surface area contributed by atoms with Gasteiger partial charge in [0.05, 0.1) is 11.9 Å². The van der Waals surface area contributed by atoms with Crippen LogP contribution in [0.4, 0.5) is 15.8 Å². The van der Waals surface area contributed by atoms with Gasteiger partial charge in [0.1, 0.15) is 10.8 Å². The number of rotatable bonds is 5. The van der Waals surface area contributed by atoms with Crippen LogP contribution in [0.15, 0.2) is 59.5 Å². The molecular weight excluding hydrogens is 371 g/mol. The summed E-state index contributed by atoms with van der Waals surface area (Å²) in [7, 11) is 0. The smallest absolute Gasteiger partial charge is 0.285 e. The number of benzene rings is 2. The SMILES string of the molecule is CC(Nc1cn[nH]c(=O)c1Cl)c1ccc(NC(=O)c2ccc(F)cc2)cc1. The van der Waals surface area contributed by atoms with E-state index in [1.165, 1.54) is 30.5 Å². The van der Waals surface area contributed by atoms with Crippen molar-refractivity contribution in [2.75, 3.05) is 10.6 Å². The summed E-state index contributed by atoms with van der Waals surface area (Å²) in [4.78, 5) is 23.6. The van der Waals surface area contributed by atoms with Crippen LogP contribution in [0.3, 0.4) is 0 Å². The molecule has 0 spiro atoms. The van der Waals surface area contributed by atoms with Crippen molar-refractivity contribution < 1.29 is 9.18 Å². The first-order valence-corrected chi connectivity index (χ1v) is 8.48. The van der Waals surface area contributed by atoms with E-state index in [0.29, 0.717) is 16.9 Å². The van der Waals surface area contributed by atoms with Crippen molar-refractivity contribution in [3.8, 4) is 0 Å². The van der Waals surface area contributed by atoms with Crippen LogP contribution in [0.2, 0.25) is 5.02 Å². The molecule has 0 fully saturated rings. The zero-order chi connectivity index (χ0) is 19.4. The Morgan fingerprint density at radius 2 is 1.81 bits per heavy atom. The number of carbonyl (C=O) groups is 1. The molecular formula is C19H16ClFN4O2. The number of hydrogen-bond acceptors (Lipinski definition) is 4. The molecule has 3 aromatic rings. The van der Waals surface area contributed by atoms with Gasteiger partial charge < -0.3 is 10.6 Å². The number of nitrogens with zero attached hydrogens (tertiary/aromatic N) is 1. The van der Waals surface area contributed by atoms with E-state index in [4.69, 9.17) is 11.6 Å². The molecule has 3 N–H and O–H groups in total. The Morgan fingerprint density at radius 3 is 2.48 bits per heavy atom. The fourth-order valence-corrected chi connectivity index (χ4v) is 2.61. The average Bonchev–Trinajstić information content (AvgIpc) is 2.66. The lowest BCUT2D eigenvalue weighted by atomic mass is 10.1. The minimum atomic E-state index is -0.465. The van der Waals surface area contributed by atoms with Crippen molar-refractivity contribution in [1.29, 1.82) is 0 Å². The van der Waals surface area contributed by atoms with E-state index in [2.05, 4.69) is 20.8 Å². The summed E-state index contributed by atoms with van der Waals surface area (Å²) < 4.78 is 12.9. The molecule has 2 aromatic carbocycles. The maximum absolute atomic E-state index is 12.9. The highest BCUT2D eigenvalue weighted by Crippen LogP contribution is 2.23. The van der Waals surface area contributed by atoms with E-state index < -0.39 is 11.4 Å². The molecule has 0 radical (unpaired) electrons. The van der Waals surface area contributed by atoms with Crippen molar-refractivity contribution in [3.05, 3.63) is 87.0 Å². The van der Waals surface area contributed by atoms with Gasteiger partial charge in [-0.15, -0.1) is 0 Å². The number of nitrogens with one attached hydrogen (secondary N) is 3. The number of hydrogen-bond donors (Lipinski definition) is 3. The highest BCUT2D eigenvalue weighted by atomic mass is 35.5. The topological polar surface area (TPSA) is 86.9 Å². The molecule has 138 valence electrons. The van der Waals surface area contributed by atoms with Crippen LogP contribution in [0.1, 0.15) is 28.9 Å². The highest BCUT2D eigenvalue weighted by molar-refractivity contribution is 6.32. The molecule has 0 aliphatic rings. The zero-order valence-electron chi connectivity index (χ0n) is 14.3. The van der Waals surface area contributed by atoms with Crippen LogP contribution in [-0.4, -0.2) is 16.1 Å². The van der Waals surface area contributed by atoms with Crippen molar-refractivity contribution >= 4 is 28.9 Å². The summed E-state index contributed by atoms with van der Waals surface area (Å²) in [6, 6.07) is 12.4. The summed E-state index contributed by atoms with van der Waals surface area (Å²) in [5.74, 6) is -0.719. The highest BCUT2D eigenvalue weighted by Gasteiger charge is 2.11. The third-order valence-electron chi connectivity index (χ3n) is 3.94. The maximum Gasteiger partial charge on any atom is 0.285 e. The van der Waals surface area contributed by atoms with Crippen LogP contribution in [-0.2, 0) is 0 Å². The molecule has 8 heteroatoms. The average molecular weight is 387 g/mol. The van der Waals surface area contributed by atoms with Crippen LogP contribution in [0.5, 0.6) is 0 Å². The predicted octanol–water partition coefficient (Wildman–Crippen LogP) is 3.99. The summed E-state index contributed by atoms with van der Waals surface area (Å²) >= 11 is 5.96. The van der Waals surface area contributed by atoms with Gasteiger partial charge in [-0.3, -0.25) is 9.59 Å². The molecule has 0 saturated carbocycles. The molecule has 3 rings (SSSR count). The molecule has 27 heavy (non-hydrogen) atoms. The lowest BCUT2D eigenvalue weighted by Gasteiger charge is -2.16. The first kappa shape index (κ1) is 18.6. The van der Waals surface area contributed by atoms with Crippen LogP contribution < -0.4 is 16.2 Å². The minimum Gasteiger partial charge on any atom is -0.376 e. The van der Waals surface area contributed by atoms with Gasteiger partial charge in [0, 0.05) is 17.3 Å². The number of anilines is 2. The molecule has 0 aliphatic carbocycles. The molecule has 1 heterocycles. The second kappa shape index (κ2) is 8.01. The van der Waals surface area contributed by atoms with Gasteiger partial charge in [-0.2, -0.15) is 5.10 Å². The van der Waals surface area contributed by atoms with Gasteiger partial charge in [-0.1, -0.05) is 23.7 Å². The molecule has 0 bridgehead atoms. The molecule has 6 nitrogen and oxygen atoms in total. The zero-order valence-corrected chi connectivity index (χ0v) is 15.0. The quantitative estimate of drug-likeness (QED) is 0.618. The molecule has 1 atom stereocenters. The van der Waals surface area contributed by atoms with E-state index in [9.17, 15) is 14.0 Å². The van der Waals surface area contributed by atoms with E-state index in [-0.39, 0.29) is 17.0 Å². The Morgan fingerprint density at radius 1 is 1.15 bits per heavy atom. The lowest BCUT2D eigenvalue weighted by molar-refractivity contribution is 0.102. The Balaban J connectivity index is 1.67. The van der Waals surface area contributed by atoms with Gasteiger partial charge in [-0.25, -0.2) is 9.49 Å². The number of halogens is 2. The Bertz CT molecular complexity index is 1000. The van der Waals surface area contributed by atoms with Crippen molar-refractivity contribution in [2.24, 2.45) is 0 Å². The van der Waals surface area contributed by atoms with Crippen molar-refractivity contribution in [3.63, 3.8) is 0 Å². The minimum absolute atomic E-state index is 0.0417. The fraction of sp³-hybridized carbons (Fsp3) is 0.105. The third kappa shape index (κ3) is 4.51. The lowest BCUT2D eigenvalue weighted by Crippen LogP contribution is -2.14. The van der Waals surface area contributed by atoms with E-state index >= 15 is 0 Å². The summed E-state index contributed by atoms with van der Waals surface area (Å²) in [6.45, 7) is 1.91. The van der Waals surface area contributed by atoms with E-state index in [1.807, 2.05) is 19.1 Å².